The van der Waals surface area contributed by atoms with Gasteiger partial charge in [-0.3, -0.25) is 9.79 Å². The van der Waals surface area contributed by atoms with Gasteiger partial charge in [0.1, 0.15) is 6.10 Å². The van der Waals surface area contributed by atoms with Crippen LogP contribution in [-0.2, 0) is 16.1 Å². The molecule has 1 aromatic rings. The summed E-state index contributed by atoms with van der Waals surface area (Å²) in [4.78, 5) is 15.0. The molecule has 0 amide bonds. The normalized spacial score (nSPS) is 19.5. The van der Waals surface area contributed by atoms with E-state index < -0.39 is 6.10 Å². The molecule has 15 heavy (non-hydrogen) atoms. The molecule has 0 spiro atoms. The predicted octanol–water partition coefficient (Wildman–Crippen LogP) is 1.74. The Labute approximate surface area is 88.1 Å². The second-order valence-corrected chi connectivity index (χ2v) is 3.24. The van der Waals surface area contributed by atoms with Crippen molar-refractivity contribution in [3.8, 4) is 0 Å². The first-order valence-electron chi connectivity index (χ1n) is 4.75. The van der Waals surface area contributed by atoms with Crippen LogP contribution in [-0.4, -0.2) is 18.1 Å². The fourth-order valence-electron chi connectivity index (χ4n) is 1.31. The Morgan fingerprint density at radius 2 is 2.07 bits per heavy atom. The summed E-state index contributed by atoms with van der Waals surface area (Å²) >= 11 is 0. The van der Waals surface area contributed by atoms with Gasteiger partial charge in [0.05, 0.1) is 12.8 Å². The molecule has 0 fully saturated rings. The van der Waals surface area contributed by atoms with Gasteiger partial charge in [-0.05, 0) is 11.6 Å². The number of hydrogen-bond acceptors (Lipinski definition) is 3. The number of carbonyl (C=O) groups excluding carboxylic acids is 1. The lowest BCUT2D eigenvalue weighted by atomic mass is 10.2. The minimum Gasteiger partial charge on any atom is -0.361 e. The van der Waals surface area contributed by atoms with Crippen LogP contribution in [0.3, 0.4) is 0 Å². The molecule has 0 aromatic heterocycles. The van der Waals surface area contributed by atoms with E-state index in [1.165, 1.54) is 6.21 Å². The van der Waals surface area contributed by atoms with E-state index in [4.69, 9.17) is 4.74 Å². The van der Waals surface area contributed by atoms with Crippen molar-refractivity contribution in [2.24, 2.45) is 4.99 Å². The smallest absolute Gasteiger partial charge is 0.206 e. The average Bonchev–Trinajstić information content (AvgIpc) is 2.29. The number of carbonyl (C=O) groups is 1. The standard InChI is InChI=1S/C12H11NO2/c14-11-8-13-7-6-12(11)15-9-10-4-2-1-3-5-10/h1-8,12H,9H2. The number of aliphatic imine (C=N–C) groups is 1. The fourth-order valence-corrected chi connectivity index (χ4v) is 1.31. The van der Waals surface area contributed by atoms with Gasteiger partial charge in [0.2, 0.25) is 5.78 Å². The summed E-state index contributed by atoms with van der Waals surface area (Å²) in [5, 5.41) is 0. The maximum absolute atomic E-state index is 11.3. The van der Waals surface area contributed by atoms with E-state index >= 15 is 0 Å². The van der Waals surface area contributed by atoms with Gasteiger partial charge in [-0.1, -0.05) is 30.3 Å². The maximum atomic E-state index is 11.3. The zero-order valence-electron chi connectivity index (χ0n) is 8.17. The highest BCUT2D eigenvalue weighted by Gasteiger charge is 2.15. The Hall–Kier alpha value is -1.74. The highest BCUT2D eigenvalue weighted by atomic mass is 16.5. The quantitative estimate of drug-likeness (QED) is 0.747. The summed E-state index contributed by atoms with van der Waals surface area (Å²) in [6.07, 6.45) is 4.04. The number of nitrogens with zero attached hydrogens (tertiary/aromatic N) is 1. The predicted molar refractivity (Wildman–Crippen MR) is 57.7 cm³/mol. The van der Waals surface area contributed by atoms with E-state index in [2.05, 4.69) is 4.99 Å². The lowest BCUT2D eigenvalue weighted by Gasteiger charge is -2.12. The van der Waals surface area contributed by atoms with E-state index in [0.29, 0.717) is 6.61 Å². The van der Waals surface area contributed by atoms with Gasteiger partial charge in [0, 0.05) is 6.20 Å². The molecule has 1 unspecified atom stereocenters. The van der Waals surface area contributed by atoms with Gasteiger partial charge in [-0.25, -0.2) is 0 Å². The molecule has 3 heteroatoms. The van der Waals surface area contributed by atoms with Crippen LogP contribution >= 0.6 is 0 Å². The van der Waals surface area contributed by atoms with Crippen LogP contribution in [0.4, 0.5) is 0 Å². The molecule has 0 saturated carbocycles. The van der Waals surface area contributed by atoms with Gasteiger partial charge in [-0.2, -0.15) is 0 Å². The Kier molecular flexibility index (Phi) is 3.05. The summed E-state index contributed by atoms with van der Waals surface area (Å²) in [5.74, 6) is -0.103. The molecule has 0 bridgehead atoms. The SMILES string of the molecule is O=C1C=NC=CC1OCc1ccccc1. The number of Topliss-reactive ketones (excluding diaryl/α,β-unsaturated/α-hetero) is 1. The number of ketones is 1. The average molecular weight is 201 g/mol. The van der Waals surface area contributed by atoms with E-state index in [9.17, 15) is 4.79 Å². The van der Waals surface area contributed by atoms with E-state index in [-0.39, 0.29) is 5.78 Å². The van der Waals surface area contributed by atoms with Gasteiger partial charge in [0.15, 0.2) is 0 Å². The summed E-state index contributed by atoms with van der Waals surface area (Å²) in [6.45, 7) is 0.440. The molecule has 1 aromatic carbocycles. The highest BCUT2D eigenvalue weighted by Crippen LogP contribution is 2.06. The van der Waals surface area contributed by atoms with Crippen LogP contribution in [0.15, 0.2) is 47.6 Å². The van der Waals surface area contributed by atoms with Crippen molar-refractivity contribution >= 4 is 12.0 Å². The first-order chi connectivity index (χ1) is 7.36. The largest absolute Gasteiger partial charge is 0.361 e. The third-order valence-corrected chi connectivity index (χ3v) is 2.10. The zero-order valence-corrected chi connectivity index (χ0v) is 8.17. The number of rotatable bonds is 3. The molecule has 76 valence electrons. The van der Waals surface area contributed by atoms with Crippen LogP contribution in [0, 0.1) is 0 Å². The molecule has 1 heterocycles. The van der Waals surface area contributed by atoms with Crippen LogP contribution < -0.4 is 0 Å². The molecule has 2 rings (SSSR count). The monoisotopic (exact) mass is 201 g/mol. The molecule has 0 radical (unpaired) electrons. The van der Waals surface area contributed by atoms with E-state index in [1.807, 2.05) is 30.3 Å². The zero-order chi connectivity index (χ0) is 10.5. The molecule has 0 N–H and O–H groups in total. The molecule has 0 saturated heterocycles. The van der Waals surface area contributed by atoms with Gasteiger partial charge >= 0.3 is 0 Å². The van der Waals surface area contributed by atoms with Crippen molar-refractivity contribution in [3.05, 3.63) is 48.2 Å². The summed E-state index contributed by atoms with van der Waals surface area (Å²) < 4.78 is 5.45. The molecular weight excluding hydrogens is 190 g/mol. The first-order valence-corrected chi connectivity index (χ1v) is 4.75. The molecule has 1 atom stereocenters. The Morgan fingerprint density at radius 3 is 2.80 bits per heavy atom. The van der Waals surface area contributed by atoms with Crippen molar-refractivity contribution < 1.29 is 9.53 Å². The van der Waals surface area contributed by atoms with Crippen molar-refractivity contribution in [1.82, 2.24) is 0 Å². The van der Waals surface area contributed by atoms with Crippen LogP contribution in [0.2, 0.25) is 0 Å². The van der Waals surface area contributed by atoms with Crippen molar-refractivity contribution in [1.29, 1.82) is 0 Å². The summed E-state index contributed by atoms with van der Waals surface area (Å²) in [6, 6.07) is 9.76. The van der Waals surface area contributed by atoms with Crippen LogP contribution in [0.1, 0.15) is 5.56 Å². The van der Waals surface area contributed by atoms with Gasteiger partial charge in [-0.15, -0.1) is 0 Å². The van der Waals surface area contributed by atoms with Crippen molar-refractivity contribution in [3.63, 3.8) is 0 Å². The Balaban J connectivity index is 1.91. The minimum atomic E-state index is -0.484. The van der Waals surface area contributed by atoms with Crippen molar-refractivity contribution in [2.75, 3.05) is 0 Å². The van der Waals surface area contributed by atoms with Gasteiger partial charge in [0.25, 0.3) is 0 Å². The molecule has 3 nitrogen and oxygen atoms in total. The third-order valence-electron chi connectivity index (χ3n) is 2.10. The summed E-state index contributed by atoms with van der Waals surface area (Å²) in [7, 11) is 0. The second kappa shape index (κ2) is 4.66. The molecule has 1 aliphatic heterocycles. The van der Waals surface area contributed by atoms with Crippen molar-refractivity contribution in [2.45, 2.75) is 12.7 Å². The number of benzene rings is 1. The Bertz CT molecular complexity index is 395. The van der Waals surface area contributed by atoms with Crippen LogP contribution in [0.5, 0.6) is 0 Å². The fraction of sp³-hybridized carbons (Fsp3) is 0.167. The number of ether oxygens (including phenoxy) is 1. The van der Waals surface area contributed by atoms with E-state index in [0.717, 1.165) is 5.56 Å². The second-order valence-electron chi connectivity index (χ2n) is 3.24. The summed E-state index contributed by atoms with van der Waals surface area (Å²) in [5.41, 5.74) is 1.06. The lowest BCUT2D eigenvalue weighted by Crippen LogP contribution is -2.24. The van der Waals surface area contributed by atoms with Crippen LogP contribution in [0.25, 0.3) is 0 Å². The van der Waals surface area contributed by atoms with Gasteiger partial charge < -0.3 is 4.74 Å². The topological polar surface area (TPSA) is 38.7 Å². The molecular formula is C12H11NO2. The molecule has 1 aliphatic rings. The maximum Gasteiger partial charge on any atom is 0.206 e. The molecule has 0 aliphatic carbocycles. The number of hydrogen-bond donors (Lipinski definition) is 0. The first kappa shape index (κ1) is 9.80. The Morgan fingerprint density at radius 1 is 1.27 bits per heavy atom. The highest BCUT2D eigenvalue weighted by molar-refractivity contribution is 6.30. The van der Waals surface area contributed by atoms with E-state index in [1.54, 1.807) is 12.3 Å². The minimum absolute atomic E-state index is 0.103. The lowest BCUT2D eigenvalue weighted by molar-refractivity contribution is -0.121. The third kappa shape index (κ3) is 2.60.